The molecular formula is C8H11NO3. The van der Waals surface area contributed by atoms with E-state index in [-0.39, 0.29) is 18.6 Å². The summed E-state index contributed by atoms with van der Waals surface area (Å²) in [5, 5.41) is 17.6. The average molecular weight is 169 g/mol. The van der Waals surface area contributed by atoms with Crippen molar-refractivity contribution in [2.24, 2.45) is 0 Å². The minimum atomic E-state index is -0.853. The molecule has 1 atom stereocenters. The van der Waals surface area contributed by atoms with Crippen molar-refractivity contribution in [3.8, 4) is 0 Å². The predicted molar refractivity (Wildman–Crippen MR) is 43.9 cm³/mol. The third-order valence-electron chi connectivity index (χ3n) is 1.57. The van der Waals surface area contributed by atoms with Crippen LogP contribution in [0.15, 0.2) is 23.1 Å². The quantitative estimate of drug-likeness (QED) is 0.558. The molecule has 12 heavy (non-hydrogen) atoms. The summed E-state index contributed by atoms with van der Waals surface area (Å²) in [6, 6.07) is 3.30. The van der Waals surface area contributed by atoms with Gasteiger partial charge in [0.25, 0.3) is 5.56 Å². The summed E-state index contributed by atoms with van der Waals surface area (Å²) in [7, 11) is 0. The molecule has 1 aromatic heterocycles. The molecule has 0 aliphatic carbocycles. The molecule has 4 heteroatoms. The number of aliphatic hydroxyl groups is 2. The van der Waals surface area contributed by atoms with Crippen molar-refractivity contribution < 1.29 is 10.2 Å². The molecule has 0 saturated carbocycles. The van der Waals surface area contributed by atoms with Gasteiger partial charge in [0.05, 0.1) is 12.7 Å². The lowest BCUT2D eigenvalue weighted by Crippen LogP contribution is -2.21. The third kappa shape index (κ3) is 2.18. The Morgan fingerprint density at radius 3 is 2.92 bits per heavy atom. The van der Waals surface area contributed by atoms with E-state index in [1.807, 2.05) is 0 Å². The highest BCUT2D eigenvalue weighted by molar-refractivity contribution is 5.09. The molecule has 0 aliphatic rings. The van der Waals surface area contributed by atoms with Crippen LogP contribution in [-0.2, 0) is 6.42 Å². The molecule has 1 rings (SSSR count). The van der Waals surface area contributed by atoms with E-state index < -0.39 is 6.10 Å². The standard InChI is InChI=1S/C8H11NO3/c10-5-7(11)4-6-2-1-3-9-8(6)12/h1-3,7,10-11H,4-5H2,(H,9,12). The maximum Gasteiger partial charge on any atom is 0.251 e. The number of aromatic amines is 1. The number of pyridine rings is 1. The number of H-pyrrole nitrogens is 1. The summed E-state index contributed by atoms with van der Waals surface area (Å²) >= 11 is 0. The molecular weight excluding hydrogens is 158 g/mol. The van der Waals surface area contributed by atoms with Crippen LogP contribution in [0.25, 0.3) is 0 Å². The molecule has 3 N–H and O–H groups in total. The van der Waals surface area contributed by atoms with Crippen LogP contribution in [0.3, 0.4) is 0 Å². The zero-order chi connectivity index (χ0) is 8.97. The van der Waals surface area contributed by atoms with Gasteiger partial charge in [-0.05, 0) is 6.07 Å². The number of rotatable bonds is 3. The van der Waals surface area contributed by atoms with Crippen LogP contribution in [0.2, 0.25) is 0 Å². The molecule has 66 valence electrons. The smallest absolute Gasteiger partial charge is 0.251 e. The van der Waals surface area contributed by atoms with Crippen molar-refractivity contribution >= 4 is 0 Å². The zero-order valence-corrected chi connectivity index (χ0v) is 6.53. The normalized spacial score (nSPS) is 12.8. The van der Waals surface area contributed by atoms with E-state index in [1.165, 1.54) is 6.20 Å². The molecule has 0 radical (unpaired) electrons. The second-order valence-electron chi connectivity index (χ2n) is 2.57. The lowest BCUT2D eigenvalue weighted by molar-refractivity contribution is 0.0952. The Morgan fingerprint density at radius 1 is 1.58 bits per heavy atom. The van der Waals surface area contributed by atoms with Gasteiger partial charge in [0.2, 0.25) is 0 Å². The Labute approximate surface area is 69.5 Å². The molecule has 0 fully saturated rings. The van der Waals surface area contributed by atoms with Crippen molar-refractivity contribution in [2.45, 2.75) is 12.5 Å². The summed E-state index contributed by atoms with van der Waals surface area (Å²) in [6.45, 7) is -0.325. The summed E-state index contributed by atoms with van der Waals surface area (Å²) in [4.78, 5) is 13.5. The molecule has 1 aromatic rings. The van der Waals surface area contributed by atoms with Gasteiger partial charge in [-0.1, -0.05) is 6.07 Å². The van der Waals surface area contributed by atoms with Crippen molar-refractivity contribution in [3.05, 3.63) is 34.2 Å². The van der Waals surface area contributed by atoms with E-state index in [4.69, 9.17) is 10.2 Å². The minimum Gasteiger partial charge on any atom is -0.394 e. The number of nitrogens with one attached hydrogen (secondary N) is 1. The fourth-order valence-corrected chi connectivity index (χ4v) is 0.936. The van der Waals surface area contributed by atoms with Gasteiger partial charge in [-0.2, -0.15) is 0 Å². The number of aromatic nitrogens is 1. The molecule has 0 amide bonds. The second kappa shape index (κ2) is 4.04. The van der Waals surface area contributed by atoms with Crippen LogP contribution >= 0.6 is 0 Å². The first kappa shape index (κ1) is 8.96. The maximum atomic E-state index is 11.0. The second-order valence-corrected chi connectivity index (χ2v) is 2.57. The lowest BCUT2D eigenvalue weighted by Gasteiger charge is -2.04. The lowest BCUT2D eigenvalue weighted by atomic mass is 10.1. The Morgan fingerprint density at radius 2 is 2.33 bits per heavy atom. The zero-order valence-electron chi connectivity index (χ0n) is 6.53. The number of aliphatic hydroxyl groups excluding tert-OH is 2. The van der Waals surface area contributed by atoms with Gasteiger partial charge >= 0.3 is 0 Å². The van der Waals surface area contributed by atoms with Crippen molar-refractivity contribution in [1.82, 2.24) is 4.98 Å². The van der Waals surface area contributed by atoms with Gasteiger partial charge in [0.15, 0.2) is 0 Å². The van der Waals surface area contributed by atoms with Crippen LogP contribution < -0.4 is 5.56 Å². The molecule has 0 aliphatic heterocycles. The summed E-state index contributed by atoms with van der Waals surface area (Å²) in [5.41, 5.74) is 0.268. The number of hydrogen-bond acceptors (Lipinski definition) is 3. The molecule has 1 unspecified atom stereocenters. The van der Waals surface area contributed by atoms with Crippen LogP contribution in [0, 0.1) is 0 Å². The fraction of sp³-hybridized carbons (Fsp3) is 0.375. The molecule has 0 spiro atoms. The van der Waals surface area contributed by atoms with Gasteiger partial charge in [-0.25, -0.2) is 0 Å². The van der Waals surface area contributed by atoms with Crippen LogP contribution in [0.5, 0.6) is 0 Å². The maximum absolute atomic E-state index is 11.0. The Bertz CT molecular complexity index is 294. The Hall–Kier alpha value is -1.13. The van der Waals surface area contributed by atoms with E-state index >= 15 is 0 Å². The van der Waals surface area contributed by atoms with E-state index in [1.54, 1.807) is 12.1 Å². The summed E-state index contributed by atoms with van der Waals surface area (Å²) in [6.07, 6.45) is 0.859. The minimum absolute atomic E-state index is 0.187. The van der Waals surface area contributed by atoms with Crippen molar-refractivity contribution in [1.29, 1.82) is 0 Å². The van der Waals surface area contributed by atoms with Gasteiger partial charge in [0, 0.05) is 18.2 Å². The average Bonchev–Trinajstić information content (AvgIpc) is 2.09. The SMILES string of the molecule is O=c1[nH]cccc1CC(O)CO. The highest BCUT2D eigenvalue weighted by Gasteiger charge is 2.05. The predicted octanol–water partition coefficient (Wildman–Crippen LogP) is -0.729. The summed E-state index contributed by atoms with van der Waals surface area (Å²) in [5.74, 6) is 0. The van der Waals surface area contributed by atoms with Crippen molar-refractivity contribution in [2.75, 3.05) is 6.61 Å². The first-order valence-electron chi connectivity index (χ1n) is 3.69. The molecule has 0 saturated heterocycles. The van der Waals surface area contributed by atoms with Crippen molar-refractivity contribution in [3.63, 3.8) is 0 Å². The first-order valence-corrected chi connectivity index (χ1v) is 3.69. The van der Waals surface area contributed by atoms with E-state index in [0.29, 0.717) is 5.56 Å². The Balaban J connectivity index is 2.76. The highest BCUT2D eigenvalue weighted by atomic mass is 16.3. The first-order chi connectivity index (χ1) is 5.74. The highest BCUT2D eigenvalue weighted by Crippen LogP contribution is 1.95. The van der Waals surface area contributed by atoms with Crippen LogP contribution in [-0.4, -0.2) is 27.9 Å². The molecule has 0 aromatic carbocycles. The Kier molecular flexibility index (Phi) is 3.01. The summed E-state index contributed by atoms with van der Waals surface area (Å²) < 4.78 is 0. The van der Waals surface area contributed by atoms with Crippen LogP contribution in [0.1, 0.15) is 5.56 Å². The number of hydrogen-bond donors (Lipinski definition) is 3. The third-order valence-corrected chi connectivity index (χ3v) is 1.57. The van der Waals surface area contributed by atoms with E-state index in [9.17, 15) is 4.79 Å². The molecule has 4 nitrogen and oxygen atoms in total. The monoisotopic (exact) mass is 169 g/mol. The van der Waals surface area contributed by atoms with Gasteiger partial charge in [-0.3, -0.25) is 4.79 Å². The largest absolute Gasteiger partial charge is 0.394 e. The topological polar surface area (TPSA) is 73.3 Å². The molecule has 0 bridgehead atoms. The van der Waals surface area contributed by atoms with E-state index in [2.05, 4.69) is 4.98 Å². The van der Waals surface area contributed by atoms with Gasteiger partial charge in [0.1, 0.15) is 0 Å². The van der Waals surface area contributed by atoms with Gasteiger partial charge < -0.3 is 15.2 Å². The van der Waals surface area contributed by atoms with Crippen LogP contribution in [0.4, 0.5) is 0 Å². The van der Waals surface area contributed by atoms with E-state index in [0.717, 1.165) is 0 Å². The molecule has 1 heterocycles. The van der Waals surface area contributed by atoms with Gasteiger partial charge in [-0.15, -0.1) is 0 Å². The fourth-order valence-electron chi connectivity index (χ4n) is 0.936.